The number of hydrogen-bond acceptors (Lipinski definition) is 3. The zero-order valence-corrected chi connectivity index (χ0v) is 14.8. The molecule has 0 amide bonds. The van der Waals surface area contributed by atoms with Crippen molar-refractivity contribution in [3.63, 3.8) is 0 Å². The first-order valence-electron chi connectivity index (χ1n) is 8.03. The van der Waals surface area contributed by atoms with Crippen LogP contribution >= 0.6 is 11.8 Å². The molecule has 24 heavy (non-hydrogen) atoms. The smallest absolute Gasteiger partial charge is 0.133 e. The molecule has 4 heteroatoms. The Labute approximate surface area is 147 Å². The van der Waals surface area contributed by atoms with Gasteiger partial charge in [-0.15, -0.1) is 0 Å². The number of benzene rings is 1. The lowest BCUT2D eigenvalue weighted by Gasteiger charge is -2.12. The molecule has 3 rings (SSSR count). The first kappa shape index (κ1) is 16.5. The maximum Gasteiger partial charge on any atom is 0.133 e. The van der Waals surface area contributed by atoms with Gasteiger partial charge in [0.15, 0.2) is 0 Å². The predicted molar refractivity (Wildman–Crippen MR) is 100 cm³/mol. The van der Waals surface area contributed by atoms with Crippen LogP contribution in [0.25, 0.3) is 6.08 Å². The number of rotatable bonds is 6. The van der Waals surface area contributed by atoms with Crippen molar-refractivity contribution in [3.05, 3.63) is 78.5 Å². The second-order valence-corrected chi connectivity index (χ2v) is 6.94. The molecule has 2 aromatic heterocycles. The quantitative estimate of drug-likeness (QED) is 0.617. The zero-order valence-electron chi connectivity index (χ0n) is 14.0. The Hall–Kier alpha value is -2.33. The van der Waals surface area contributed by atoms with E-state index in [0.717, 1.165) is 18.1 Å². The third kappa shape index (κ3) is 3.60. The van der Waals surface area contributed by atoms with Crippen molar-refractivity contribution in [2.24, 2.45) is 0 Å². The summed E-state index contributed by atoms with van der Waals surface area (Å²) in [5, 5.41) is 1.18. The van der Waals surface area contributed by atoms with Crippen LogP contribution in [0.15, 0.2) is 71.4 Å². The number of imidazole rings is 1. The minimum absolute atomic E-state index is 0.355. The summed E-state index contributed by atoms with van der Waals surface area (Å²) in [6, 6.07) is 14.5. The highest BCUT2D eigenvalue weighted by atomic mass is 32.2. The highest BCUT2D eigenvalue weighted by Gasteiger charge is 2.19. The Morgan fingerprint density at radius 2 is 1.83 bits per heavy atom. The molecule has 0 N–H and O–H groups in total. The molecule has 0 aliphatic carbocycles. The summed E-state index contributed by atoms with van der Waals surface area (Å²) < 4.78 is 2.25. The van der Waals surface area contributed by atoms with E-state index in [2.05, 4.69) is 54.2 Å². The Morgan fingerprint density at radius 3 is 2.46 bits per heavy atom. The van der Waals surface area contributed by atoms with E-state index in [4.69, 9.17) is 4.98 Å². The second kappa shape index (κ2) is 7.49. The Bertz CT molecular complexity index is 808. The Kier molecular flexibility index (Phi) is 5.16. The van der Waals surface area contributed by atoms with Crippen molar-refractivity contribution in [2.75, 3.05) is 0 Å². The van der Waals surface area contributed by atoms with Crippen LogP contribution in [-0.4, -0.2) is 14.5 Å². The summed E-state index contributed by atoms with van der Waals surface area (Å²) in [6.45, 7) is 9.07. The lowest BCUT2D eigenvalue weighted by Crippen LogP contribution is -2.04. The normalized spacial score (nSPS) is 11.0. The predicted octanol–water partition coefficient (Wildman–Crippen LogP) is 5.24. The minimum atomic E-state index is 0.355. The van der Waals surface area contributed by atoms with Crippen LogP contribution in [0, 0.1) is 0 Å². The van der Waals surface area contributed by atoms with Crippen LogP contribution in [-0.2, 0) is 6.54 Å². The molecule has 0 atom stereocenters. The lowest BCUT2D eigenvalue weighted by atomic mass is 10.1. The van der Waals surface area contributed by atoms with Gasteiger partial charge in [-0.1, -0.05) is 50.4 Å². The van der Waals surface area contributed by atoms with Crippen molar-refractivity contribution >= 4 is 17.8 Å². The third-order valence-electron chi connectivity index (χ3n) is 3.75. The van der Waals surface area contributed by atoms with Crippen LogP contribution in [0.1, 0.15) is 36.8 Å². The van der Waals surface area contributed by atoms with Crippen LogP contribution in [0.2, 0.25) is 0 Å². The van der Waals surface area contributed by atoms with Gasteiger partial charge >= 0.3 is 0 Å². The summed E-state index contributed by atoms with van der Waals surface area (Å²) in [6.07, 6.45) is 5.49. The molecule has 3 nitrogen and oxygen atoms in total. The van der Waals surface area contributed by atoms with Crippen LogP contribution in [0.4, 0.5) is 0 Å². The molecule has 0 saturated heterocycles. The number of hydrogen-bond donors (Lipinski definition) is 0. The number of pyridine rings is 1. The molecule has 0 fully saturated rings. The van der Waals surface area contributed by atoms with Crippen molar-refractivity contribution in [2.45, 2.75) is 36.2 Å². The second-order valence-electron chi connectivity index (χ2n) is 5.88. The van der Waals surface area contributed by atoms with Gasteiger partial charge in [0.05, 0.1) is 12.2 Å². The Balaban J connectivity index is 2.06. The van der Waals surface area contributed by atoms with Gasteiger partial charge in [-0.05, 0) is 41.8 Å². The van der Waals surface area contributed by atoms with E-state index < -0.39 is 0 Å². The average Bonchev–Trinajstić information content (AvgIpc) is 2.94. The highest BCUT2D eigenvalue weighted by molar-refractivity contribution is 7.99. The molecule has 0 aliphatic rings. The minimum Gasteiger partial charge on any atom is -0.315 e. The zero-order chi connectivity index (χ0) is 16.9. The van der Waals surface area contributed by atoms with Gasteiger partial charge in [0.1, 0.15) is 10.9 Å². The maximum absolute atomic E-state index is 4.83. The van der Waals surface area contributed by atoms with E-state index in [1.165, 1.54) is 15.5 Å². The van der Waals surface area contributed by atoms with Gasteiger partial charge in [0.25, 0.3) is 0 Å². The van der Waals surface area contributed by atoms with Gasteiger partial charge in [0.2, 0.25) is 0 Å². The molecule has 0 spiro atoms. The molecule has 0 aliphatic heterocycles. The average molecular weight is 335 g/mol. The molecular weight excluding hydrogens is 314 g/mol. The highest BCUT2D eigenvalue weighted by Crippen LogP contribution is 2.35. The van der Waals surface area contributed by atoms with Gasteiger partial charge in [-0.2, -0.15) is 0 Å². The van der Waals surface area contributed by atoms with Gasteiger partial charge in [-0.25, -0.2) is 4.98 Å². The summed E-state index contributed by atoms with van der Waals surface area (Å²) >= 11 is 1.76. The van der Waals surface area contributed by atoms with Crippen molar-refractivity contribution in [1.29, 1.82) is 0 Å². The molecule has 122 valence electrons. The van der Waals surface area contributed by atoms with Gasteiger partial charge in [0, 0.05) is 17.3 Å². The van der Waals surface area contributed by atoms with E-state index in [1.807, 2.05) is 36.7 Å². The number of aromatic nitrogens is 3. The van der Waals surface area contributed by atoms with Crippen LogP contribution in [0.5, 0.6) is 0 Å². The summed E-state index contributed by atoms with van der Waals surface area (Å²) in [7, 11) is 0. The molecule has 0 unspecified atom stereocenters. The molecule has 2 heterocycles. The molecule has 0 saturated carbocycles. The monoisotopic (exact) mass is 335 g/mol. The van der Waals surface area contributed by atoms with Crippen LogP contribution in [0.3, 0.4) is 0 Å². The molecular formula is C20H21N3S. The molecule has 1 aromatic carbocycles. The Morgan fingerprint density at radius 1 is 1.12 bits per heavy atom. The van der Waals surface area contributed by atoms with Gasteiger partial charge < -0.3 is 4.57 Å². The molecule has 0 bridgehead atoms. The van der Waals surface area contributed by atoms with Crippen molar-refractivity contribution < 1.29 is 0 Å². The summed E-state index contributed by atoms with van der Waals surface area (Å²) in [4.78, 5) is 10.1. The summed E-state index contributed by atoms with van der Waals surface area (Å²) in [5.41, 5.74) is 2.32. The van der Waals surface area contributed by atoms with E-state index in [-0.39, 0.29) is 0 Å². The lowest BCUT2D eigenvalue weighted by molar-refractivity contribution is 0.702. The molecule has 0 radical (unpaired) electrons. The first-order valence-corrected chi connectivity index (χ1v) is 8.85. The molecule has 3 aromatic rings. The number of nitrogens with zero attached hydrogens (tertiary/aromatic N) is 3. The standard InChI is InChI=1S/C20H21N3S/c1-4-18-22-19(15(2)3)20(24-17-8-6-5-7-9-17)23(18)14-16-10-12-21-13-11-16/h4-13,15H,1,14H2,2-3H3. The van der Waals surface area contributed by atoms with Gasteiger partial charge in [-0.3, -0.25) is 4.98 Å². The maximum atomic E-state index is 4.83. The van der Waals surface area contributed by atoms with Crippen molar-refractivity contribution in [3.8, 4) is 0 Å². The van der Waals surface area contributed by atoms with E-state index in [0.29, 0.717) is 5.92 Å². The van der Waals surface area contributed by atoms with E-state index in [1.54, 1.807) is 11.8 Å². The fourth-order valence-corrected chi connectivity index (χ4v) is 3.71. The van der Waals surface area contributed by atoms with Crippen molar-refractivity contribution in [1.82, 2.24) is 14.5 Å². The first-order chi connectivity index (χ1) is 11.7. The fourth-order valence-electron chi connectivity index (χ4n) is 2.54. The SMILES string of the molecule is C=Cc1nc(C(C)C)c(Sc2ccccc2)n1Cc1ccncc1. The van der Waals surface area contributed by atoms with E-state index in [9.17, 15) is 0 Å². The third-order valence-corrected chi connectivity index (χ3v) is 4.88. The summed E-state index contributed by atoms with van der Waals surface area (Å²) in [5.74, 6) is 1.27. The topological polar surface area (TPSA) is 30.7 Å². The largest absolute Gasteiger partial charge is 0.315 e. The van der Waals surface area contributed by atoms with E-state index >= 15 is 0 Å². The fraction of sp³-hybridized carbons (Fsp3) is 0.200. The van der Waals surface area contributed by atoms with Crippen LogP contribution < -0.4 is 0 Å².